The fraction of sp³-hybridized carbons (Fsp3) is 0.400. The Morgan fingerprint density at radius 1 is 1.32 bits per heavy atom. The van der Waals surface area contributed by atoms with Gasteiger partial charge >= 0.3 is 0 Å². The second kappa shape index (κ2) is 8.62. The van der Waals surface area contributed by atoms with E-state index in [2.05, 4.69) is 10.3 Å². The lowest BCUT2D eigenvalue weighted by Crippen LogP contribution is -2.63. The van der Waals surface area contributed by atoms with Crippen LogP contribution in [0.15, 0.2) is 36.5 Å². The van der Waals surface area contributed by atoms with Gasteiger partial charge in [0.15, 0.2) is 0 Å². The van der Waals surface area contributed by atoms with Crippen LogP contribution in [0.2, 0.25) is 5.02 Å². The van der Waals surface area contributed by atoms with Crippen molar-refractivity contribution in [2.24, 2.45) is 0 Å². The number of likely N-dealkylation sites (tertiary alicyclic amines) is 1. The van der Waals surface area contributed by atoms with Gasteiger partial charge in [0.25, 0.3) is 5.91 Å². The number of pyridine rings is 1. The normalized spacial score (nSPS) is 21.1. The summed E-state index contributed by atoms with van der Waals surface area (Å²) in [5, 5.41) is 2.03. The molecule has 160 valence electrons. The van der Waals surface area contributed by atoms with Gasteiger partial charge in [-0.05, 0) is 53.8 Å². The van der Waals surface area contributed by atoms with E-state index in [0.717, 1.165) is 11.3 Å². The Hall–Kier alpha value is -1.79. The molecule has 1 saturated heterocycles. The van der Waals surface area contributed by atoms with Crippen molar-refractivity contribution in [2.45, 2.75) is 36.1 Å². The maximum atomic E-state index is 15.8. The number of amides is 1. The number of hydrogen-bond acceptors (Lipinski definition) is 3. The van der Waals surface area contributed by atoms with Crippen LogP contribution in [0.1, 0.15) is 34.5 Å². The Bertz CT molecular complexity index is 977. The molecule has 31 heavy (non-hydrogen) atoms. The molecule has 1 N–H and O–H groups in total. The number of rotatable bonds is 5. The predicted molar refractivity (Wildman–Crippen MR) is 131 cm³/mol. The number of carbonyl (C=O) groups excluding carboxylic acids is 1. The van der Waals surface area contributed by atoms with Crippen molar-refractivity contribution in [1.82, 2.24) is 15.2 Å². The number of hydrogen-bond donors (Lipinski definition) is 1. The molecule has 1 amide bonds. The van der Waals surface area contributed by atoms with Gasteiger partial charge in [-0.1, -0.05) is 17.7 Å². The summed E-state index contributed by atoms with van der Waals surface area (Å²) in [5.41, 5.74) is 0.753. The lowest BCUT2D eigenvalue weighted by Gasteiger charge is -2.49. The molecule has 0 aliphatic carbocycles. The molecule has 11 heteroatoms. The van der Waals surface area contributed by atoms with Crippen LogP contribution in [0.5, 0.6) is 0 Å². The Kier molecular flexibility index (Phi) is 6.64. The smallest absolute Gasteiger partial charge is 0.253 e. The zero-order valence-electron chi connectivity index (χ0n) is 18.7. The summed E-state index contributed by atoms with van der Waals surface area (Å²) in [7, 11) is 7.68. The summed E-state index contributed by atoms with van der Waals surface area (Å²) >= 11 is 5.84. The van der Waals surface area contributed by atoms with Crippen LogP contribution >= 0.6 is 11.6 Å². The maximum absolute atomic E-state index is 15.8. The van der Waals surface area contributed by atoms with E-state index in [1.165, 1.54) is 18.2 Å². The van der Waals surface area contributed by atoms with Crippen LogP contribution in [0.4, 0.5) is 8.78 Å². The fourth-order valence-corrected chi connectivity index (χ4v) is 4.37. The van der Waals surface area contributed by atoms with E-state index in [9.17, 15) is 9.18 Å². The van der Waals surface area contributed by atoms with Gasteiger partial charge in [-0.3, -0.25) is 9.78 Å². The number of alkyl halides is 1. The monoisotopic (exact) mass is 441 g/mol. The molecule has 2 aromatic rings. The number of nitrogens with zero attached hydrogens (tertiary/aromatic N) is 2. The molecule has 3 rings (SSSR count). The number of piperidine rings is 1. The van der Waals surface area contributed by atoms with Crippen LogP contribution in [0.3, 0.4) is 0 Å². The molecule has 4 nitrogen and oxygen atoms in total. The second-order valence-electron chi connectivity index (χ2n) is 9.68. The van der Waals surface area contributed by atoms with E-state index in [0.29, 0.717) is 5.56 Å². The van der Waals surface area contributed by atoms with E-state index in [-0.39, 0.29) is 36.9 Å². The first-order chi connectivity index (χ1) is 14.3. The topological polar surface area (TPSA) is 45.2 Å². The minimum absolute atomic E-state index is 0.100. The van der Waals surface area contributed by atoms with Crippen LogP contribution in [0.25, 0.3) is 0 Å². The largest absolute Gasteiger partial charge is 0.349 e. The third-order valence-electron chi connectivity index (χ3n) is 6.07. The van der Waals surface area contributed by atoms with Gasteiger partial charge in [0.1, 0.15) is 42.9 Å². The Balaban J connectivity index is 1.70. The summed E-state index contributed by atoms with van der Waals surface area (Å²) in [4.78, 5) is 19.1. The Morgan fingerprint density at radius 2 is 2.03 bits per heavy atom. The highest BCUT2D eigenvalue weighted by Crippen LogP contribution is 2.35. The van der Waals surface area contributed by atoms with Gasteiger partial charge in [-0.25, -0.2) is 8.78 Å². The highest BCUT2D eigenvalue weighted by Gasteiger charge is 2.46. The molecular weight excluding hydrogens is 415 g/mol. The average molecular weight is 441 g/mol. The van der Waals surface area contributed by atoms with Crippen molar-refractivity contribution in [1.29, 1.82) is 0 Å². The molecule has 1 aliphatic rings. The van der Waals surface area contributed by atoms with Crippen LogP contribution in [-0.4, -0.2) is 71.3 Å². The maximum Gasteiger partial charge on any atom is 0.253 e. The van der Waals surface area contributed by atoms with Crippen LogP contribution in [-0.2, 0) is 5.34 Å². The van der Waals surface area contributed by atoms with E-state index in [1.807, 2.05) is 50.4 Å². The molecule has 2 heterocycles. The van der Waals surface area contributed by atoms with Gasteiger partial charge < -0.3 is 10.2 Å². The summed E-state index contributed by atoms with van der Waals surface area (Å²) in [6, 6.07) is 7.86. The van der Waals surface area contributed by atoms with Gasteiger partial charge in [-0.15, -0.1) is 0 Å². The molecular formula is C20H26B4ClF2N3O. The molecule has 1 aliphatic heterocycles. The SMILES string of the molecule is BC(B)(NCC1(F)CCN(C(=O)c2ccc(F)c(Cl)c2)C(B)(B)C1)c1ccc(C)cn1. The standard InChI is InChI=1S/C20H26B4ClF2N3O/c1-12-2-5-16(28-9-12)20(23,24)29-11-18(27)6-7-30(19(21,22)10-18)17(31)13-3-4-15(26)14(25)8-13/h2-5,8-9,29H,6-7,10-11,21-24H2,1H3. The van der Waals surface area contributed by atoms with Crippen molar-refractivity contribution in [3.05, 3.63) is 64.2 Å². The van der Waals surface area contributed by atoms with Crippen molar-refractivity contribution >= 4 is 48.9 Å². The van der Waals surface area contributed by atoms with Crippen molar-refractivity contribution in [2.75, 3.05) is 13.1 Å². The molecule has 1 unspecified atom stereocenters. The Labute approximate surface area is 191 Å². The van der Waals surface area contributed by atoms with Crippen molar-refractivity contribution in [3.8, 4) is 0 Å². The van der Waals surface area contributed by atoms with Crippen LogP contribution in [0, 0.1) is 12.7 Å². The molecule has 0 bridgehead atoms. The summed E-state index contributed by atoms with van der Waals surface area (Å²) < 4.78 is 29.3. The fourth-order valence-electron chi connectivity index (χ4n) is 4.19. The molecule has 1 atom stereocenters. The van der Waals surface area contributed by atoms with E-state index < -0.39 is 22.2 Å². The summed E-state index contributed by atoms with van der Waals surface area (Å²) in [6.45, 7) is 2.40. The lowest BCUT2D eigenvalue weighted by molar-refractivity contribution is 0.0245. The first-order valence-corrected chi connectivity index (χ1v) is 10.8. The predicted octanol–water partition coefficient (Wildman–Crippen LogP) is -0.287. The Morgan fingerprint density at radius 3 is 2.61 bits per heavy atom. The number of aryl methyl sites for hydroxylation is 1. The van der Waals surface area contributed by atoms with Gasteiger partial charge in [-0.2, -0.15) is 0 Å². The third kappa shape index (κ3) is 5.35. The minimum atomic E-state index is -1.47. The number of nitrogens with one attached hydrogen (secondary N) is 1. The van der Waals surface area contributed by atoms with Gasteiger partial charge in [0, 0.05) is 37.0 Å². The number of aromatic nitrogens is 1. The van der Waals surface area contributed by atoms with Crippen molar-refractivity contribution < 1.29 is 13.6 Å². The van der Waals surface area contributed by atoms with Gasteiger partial charge in [0.05, 0.1) is 5.02 Å². The molecule has 1 aromatic carbocycles. The molecule has 1 aromatic heterocycles. The lowest BCUT2D eigenvalue weighted by atomic mass is 9.54. The first-order valence-electron chi connectivity index (χ1n) is 10.5. The highest BCUT2D eigenvalue weighted by molar-refractivity contribution is 6.41. The molecule has 1 fully saturated rings. The van der Waals surface area contributed by atoms with Gasteiger partial charge in [0.2, 0.25) is 0 Å². The molecule has 0 spiro atoms. The average Bonchev–Trinajstić information content (AvgIpc) is 2.68. The quantitative estimate of drug-likeness (QED) is 0.650. The number of carbonyl (C=O) groups is 1. The summed E-state index contributed by atoms with van der Waals surface area (Å²) in [6.07, 6.45) is 2.20. The van der Waals surface area contributed by atoms with Crippen molar-refractivity contribution in [3.63, 3.8) is 0 Å². The zero-order chi connectivity index (χ0) is 23.0. The third-order valence-corrected chi connectivity index (χ3v) is 6.36. The zero-order valence-corrected chi connectivity index (χ0v) is 19.5. The summed E-state index contributed by atoms with van der Waals surface area (Å²) in [5.74, 6) is -0.846. The molecule has 0 saturated carbocycles. The van der Waals surface area contributed by atoms with E-state index >= 15 is 4.39 Å². The van der Waals surface area contributed by atoms with E-state index in [4.69, 9.17) is 11.6 Å². The number of halogens is 3. The molecule has 0 radical (unpaired) electrons. The number of benzene rings is 1. The first kappa shape index (κ1) is 23.9. The van der Waals surface area contributed by atoms with Crippen LogP contribution < -0.4 is 5.32 Å². The minimum Gasteiger partial charge on any atom is -0.349 e. The second-order valence-corrected chi connectivity index (χ2v) is 10.1. The highest BCUT2D eigenvalue weighted by atomic mass is 35.5. The van der Waals surface area contributed by atoms with E-state index in [1.54, 1.807) is 11.1 Å².